The summed E-state index contributed by atoms with van der Waals surface area (Å²) in [5, 5.41) is 2.73. The van der Waals surface area contributed by atoms with Gasteiger partial charge in [0.2, 0.25) is 15.9 Å². The van der Waals surface area contributed by atoms with Crippen LogP contribution < -0.4 is 14.4 Å². The first-order valence-corrected chi connectivity index (χ1v) is 12.0. The second-order valence-electron chi connectivity index (χ2n) is 7.85. The van der Waals surface area contributed by atoms with E-state index in [4.69, 9.17) is 4.74 Å². The molecule has 0 aromatic heterocycles. The zero-order valence-electron chi connectivity index (χ0n) is 17.9. The molecule has 1 aliphatic rings. The van der Waals surface area contributed by atoms with Crippen LogP contribution in [-0.4, -0.2) is 57.8 Å². The minimum atomic E-state index is -3.77. The molecule has 3 rings (SSSR count). The molecule has 31 heavy (non-hydrogen) atoms. The van der Waals surface area contributed by atoms with Crippen LogP contribution in [0.4, 0.5) is 15.8 Å². The van der Waals surface area contributed by atoms with Crippen molar-refractivity contribution in [2.45, 2.75) is 31.9 Å². The third-order valence-electron chi connectivity index (χ3n) is 5.26. The van der Waals surface area contributed by atoms with Gasteiger partial charge in [-0.25, -0.2) is 12.8 Å². The van der Waals surface area contributed by atoms with E-state index >= 15 is 0 Å². The Kier molecular flexibility index (Phi) is 7.17. The number of halogens is 1. The second kappa shape index (κ2) is 9.65. The van der Waals surface area contributed by atoms with Crippen molar-refractivity contribution < 1.29 is 22.3 Å². The topological polar surface area (TPSA) is 79.0 Å². The van der Waals surface area contributed by atoms with Crippen molar-refractivity contribution in [1.29, 1.82) is 0 Å². The summed E-state index contributed by atoms with van der Waals surface area (Å²) in [6, 6.07) is 10.9. The predicted molar refractivity (Wildman–Crippen MR) is 119 cm³/mol. The molecule has 1 heterocycles. The lowest BCUT2D eigenvalue weighted by Crippen LogP contribution is -2.45. The van der Waals surface area contributed by atoms with E-state index in [1.165, 1.54) is 19.1 Å². The van der Waals surface area contributed by atoms with E-state index in [1.54, 1.807) is 24.3 Å². The van der Waals surface area contributed by atoms with E-state index < -0.39 is 27.8 Å². The molecular formula is C22H28FN3O4S. The number of ether oxygens (including phenoxy) is 1. The molecule has 2 aromatic rings. The number of rotatable bonds is 7. The van der Waals surface area contributed by atoms with Crippen LogP contribution >= 0.6 is 0 Å². The highest BCUT2D eigenvalue weighted by Crippen LogP contribution is 2.24. The molecule has 0 aliphatic carbocycles. The highest BCUT2D eigenvalue weighted by atomic mass is 32.2. The van der Waals surface area contributed by atoms with Crippen molar-refractivity contribution in [3.63, 3.8) is 0 Å². The largest absolute Gasteiger partial charge is 0.490 e. The smallest absolute Gasteiger partial charge is 0.247 e. The van der Waals surface area contributed by atoms with Crippen LogP contribution in [0.3, 0.4) is 0 Å². The highest BCUT2D eigenvalue weighted by molar-refractivity contribution is 7.92. The summed E-state index contributed by atoms with van der Waals surface area (Å²) in [5.74, 6) is -0.264. The molecule has 1 unspecified atom stereocenters. The number of carbonyl (C=O) groups is 1. The number of amides is 1. The van der Waals surface area contributed by atoms with E-state index in [0.717, 1.165) is 54.4 Å². The van der Waals surface area contributed by atoms with Gasteiger partial charge in [-0.15, -0.1) is 0 Å². The summed E-state index contributed by atoms with van der Waals surface area (Å²) >= 11 is 0. The third kappa shape index (κ3) is 6.18. The lowest BCUT2D eigenvalue weighted by atomic mass is 10.1. The summed E-state index contributed by atoms with van der Waals surface area (Å²) in [6.07, 6.45) is 3.12. The van der Waals surface area contributed by atoms with Gasteiger partial charge in [-0.05, 0) is 75.3 Å². The monoisotopic (exact) mass is 449 g/mol. The number of anilines is 2. The summed E-state index contributed by atoms with van der Waals surface area (Å²) in [5.41, 5.74) is 0.744. The zero-order valence-corrected chi connectivity index (χ0v) is 18.7. The van der Waals surface area contributed by atoms with Gasteiger partial charge in [0.1, 0.15) is 23.7 Å². The Morgan fingerprint density at radius 1 is 1.13 bits per heavy atom. The van der Waals surface area contributed by atoms with Gasteiger partial charge in [-0.2, -0.15) is 0 Å². The average Bonchev–Trinajstić information content (AvgIpc) is 2.71. The Labute approximate surface area is 182 Å². The fourth-order valence-corrected chi connectivity index (χ4v) is 4.73. The molecule has 0 radical (unpaired) electrons. The number of sulfonamides is 1. The van der Waals surface area contributed by atoms with E-state index in [-0.39, 0.29) is 11.8 Å². The normalized spacial score (nSPS) is 16.5. The molecule has 2 aromatic carbocycles. The number of hydrogen-bond acceptors (Lipinski definition) is 5. The highest BCUT2D eigenvalue weighted by Gasteiger charge is 2.29. The average molecular weight is 450 g/mol. The van der Waals surface area contributed by atoms with Crippen LogP contribution in [0.5, 0.6) is 5.75 Å². The van der Waals surface area contributed by atoms with Gasteiger partial charge in [0.15, 0.2) is 0 Å². The number of carbonyl (C=O) groups excluding carboxylic acids is 1. The Morgan fingerprint density at radius 2 is 1.71 bits per heavy atom. The fourth-order valence-electron chi connectivity index (χ4n) is 3.56. The standard InChI is InChI=1S/C22H28FN3O4S/c1-16(26(31(3,28)29)19-8-4-17(23)5-9-19)22(27)24-18-6-10-20(11-7-18)30-21-12-14-25(2)15-13-21/h4-11,16,21H,12-15H2,1-3H3,(H,24,27). The first kappa shape index (κ1) is 23.0. The molecule has 1 aliphatic heterocycles. The van der Waals surface area contributed by atoms with Gasteiger partial charge in [-0.1, -0.05) is 0 Å². The number of likely N-dealkylation sites (tertiary alicyclic amines) is 1. The van der Waals surface area contributed by atoms with Crippen molar-refractivity contribution in [3.05, 3.63) is 54.3 Å². The van der Waals surface area contributed by atoms with Crippen LogP contribution in [0.1, 0.15) is 19.8 Å². The molecule has 1 N–H and O–H groups in total. The Balaban J connectivity index is 1.65. The summed E-state index contributed by atoms with van der Waals surface area (Å²) in [6.45, 7) is 3.49. The van der Waals surface area contributed by atoms with Gasteiger partial charge in [0.05, 0.1) is 11.9 Å². The van der Waals surface area contributed by atoms with Crippen LogP contribution in [0.2, 0.25) is 0 Å². The molecule has 9 heteroatoms. The summed E-state index contributed by atoms with van der Waals surface area (Å²) in [7, 11) is -1.67. The van der Waals surface area contributed by atoms with Gasteiger partial charge in [0.25, 0.3) is 0 Å². The summed E-state index contributed by atoms with van der Waals surface area (Å²) in [4.78, 5) is 15.0. The third-order valence-corrected chi connectivity index (χ3v) is 6.50. The van der Waals surface area contributed by atoms with E-state index in [0.29, 0.717) is 5.69 Å². The SMILES string of the molecule is CC(C(=O)Nc1ccc(OC2CCN(C)CC2)cc1)N(c1ccc(F)cc1)S(C)(=O)=O. The molecule has 1 amide bonds. The molecule has 0 saturated carbocycles. The van der Waals surface area contributed by atoms with Gasteiger partial charge in [0, 0.05) is 18.8 Å². The molecule has 168 valence electrons. The molecule has 0 spiro atoms. The van der Waals surface area contributed by atoms with Crippen LogP contribution in [-0.2, 0) is 14.8 Å². The second-order valence-corrected chi connectivity index (χ2v) is 9.70. The van der Waals surface area contributed by atoms with Crippen molar-refractivity contribution in [2.75, 3.05) is 36.0 Å². The maximum atomic E-state index is 13.2. The van der Waals surface area contributed by atoms with Crippen LogP contribution in [0.25, 0.3) is 0 Å². The van der Waals surface area contributed by atoms with Gasteiger partial charge >= 0.3 is 0 Å². The first-order valence-electron chi connectivity index (χ1n) is 10.1. The number of benzene rings is 2. The van der Waals surface area contributed by atoms with Crippen molar-refractivity contribution in [3.8, 4) is 5.75 Å². The lowest BCUT2D eigenvalue weighted by Gasteiger charge is -2.29. The van der Waals surface area contributed by atoms with E-state index in [9.17, 15) is 17.6 Å². The zero-order chi connectivity index (χ0) is 22.6. The van der Waals surface area contributed by atoms with E-state index in [1.807, 2.05) is 0 Å². The maximum absolute atomic E-state index is 13.2. The minimum Gasteiger partial charge on any atom is -0.490 e. The van der Waals surface area contributed by atoms with Crippen molar-refractivity contribution >= 4 is 27.3 Å². The molecular weight excluding hydrogens is 421 g/mol. The number of piperidine rings is 1. The lowest BCUT2D eigenvalue weighted by molar-refractivity contribution is -0.116. The Bertz CT molecular complexity index is 988. The van der Waals surface area contributed by atoms with Crippen molar-refractivity contribution in [1.82, 2.24) is 4.90 Å². The molecule has 1 atom stereocenters. The van der Waals surface area contributed by atoms with Gasteiger partial charge in [-0.3, -0.25) is 9.10 Å². The van der Waals surface area contributed by atoms with Crippen molar-refractivity contribution in [2.24, 2.45) is 0 Å². The van der Waals surface area contributed by atoms with Crippen LogP contribution in [0.15, 0.2) is 48.5 Å². The van der Waals surface area contributed by atoms with Gasteiger partial charge < -0.3 is 15.0 Å². The number of hydrogen-bond donors (Lipinski definition) is 1. The van der Waals surface area contributed by atoms with E-state index in [2.05, 4.69) is 17.3 Å². The molecule has 1 fully saturated rings. The molecule has 7 nitrogen and oxygen atoms in total. The van der Waals surface area contributed by atoms with Crippen LogP contribution in [0, 0.1) is 5.82 Å². The minimum absolute atomic E-state index is 0.177. The quantitative estimate of drug-likeness (QED) is 0.703. The molecule has 0 bridgehead atoms. The fraction of sp³-hybridized carbons (Fsp3) is 0.409. The first-order chi connectivity index (χ1) is 14.6. The predicted octanol–water partition coefficient (Wildman–Crippen LogP) is 3.09. The Hall–Kier alpha value is -2.65. The Morgan fingerprint density at radius 3 is 2.26 bits per heavy atom. The maximum Gasteiger partial charge on any atom is 0.247 e. The summed E-state index contributed by atoms with van der Waals surface area (Å²) < 4.78 is 44.8. The number of nitrogens with zero attached hydrogens (tertiary/aromatic N) is 2. The number of nitrogens with one attached hydrogen (secondary N) is 1. The molecule has 1 saturated heterocycles.